The highest BCUT2D eigenvalue weighted by atomic mass is 15.2. The van der Waals surface area contributed by atoms with Gasteiger partial charge in [-0.25, -0.2) is 4.98 Å². The van der Waals surface area contributed by atoms with Crippen LogP contribution in [0, 0.1) is 0 Å². The summed E-state index contributed by atoms with van der Waals surface area (Å²) in [5, 5.41) is 0. The zero-order valence-electron chi connectivity index (χ0n) is 11.0. The number of hydrogen-bond acceptors (Lipinski definition) is 3. The van der Waals surface area contributed by atoms with E-state index in [0.29, 0.717) is 5.92 Å². The van der Waals surface area contributed by atoms with Crippen LogP contribution in [-0.4, -0.2) is 28.5 Å². The summed E-state index contributed by atoms with van der Waals surface area (Å²) in [6, 6.07) is 4.47. The average molecular weight is 244 g/mol. The van der Waals surface area contributed by atoms with Crippen LogP contribution >= 0.6 is 0 Å². The van der Waals surface area contributed by atoms with Crippen molar-refractivity contribution in [2.24, 2.45) is 5.73 Å². The zero-order valence-corrected chi connectivity index (χ0v) is 11.0. The van der Waals surface area contributed by atoms with Crippen molar-refractivity contribution in [3.8, 4) is 0 Å². The van der Waals surface area contributed by atoms with Gasteiger partial charge in [-0.05, 0) is 24.5 Å². The Morgan fingerprint density at radius 2 is 2.28 bits per heavy atom. The number of nitrogens with two attached hydrogens (primary N) is 1. The van der Waals surface area contributed by atoms with Crippen molar-refractivity contribution in [2.45, 2.75) is 32.2 Å². The quantitative estimate of drug-likeness (QED) is 0.879. The molecule has 1 aliphatic heterocycles. The molecule has 0 aromatic carbocycles. The molecule has 1 atom stereocenters. The van der Waals surface area contributed by atoms with Crippen molar-refractivity contribution < 1.29 is 0 Å². The van der Waals surface area contributed by atoms with Crippen molar-refractivity contribution in [2.75, 3.05) is 18.0 Å². The van der Waals surface area contributed by atoms with Gasteiger partial charge in [0.05, 0.1) is 11.2 Å². The standard InChI is InChI=1S/C14H20N4/c1-10(2)12-9-17-6-3-4-13(17)14(16-12)18-7-5-11(15)8-18/h3-4,6,9-11H,5,7-8,15H2,1-2H3. The number of anilines is 1. The molecule has 4 heteroatoms. The van der Waals surface area contributed by atoms with Gasteiger partial charge in [0.15, 0.2) is 5.82 Å². The van der Waals surface area contributed by atoms with Gasteiger partial charge in [0.1, 0.15) is 0 Å². The molecule has 4 nitrogen and oxygen atoms in total. The Kier molecular flexibility index (Phi) is 2.74. The molecule has 2 aromatic heterocycles. The molecule has 3 rings (SSSR count). The SMILES string of the molecule is CC(C)c1cn2cccc2c(N2CCC(N)C2)n1. The summed E-state index contributed by atoms with van der Waals surface area (Å²) in [7, 11) is 0. The monoisotopic (exact) mass is 244 g/mol. The van der Waals surface area contributed by atoms with E-state index in [2.05, 4.69) is 47.7 Å². The van der Waals surface area contributed by atoms with E-state index in [0.717, 1.165) is 31.0 Å². The largest absolute Gasteiger partial charge is 0.353 e. The number of nitrogens with zero attached hydrogens (tertiary/aromatic N) is 3. The van der Waals surface area contributed by atoms with Gasteiger partial charge < -0.3 is 15.0 Å². The molecular weight excluding hydrogens is 224 g/mol. The summed E-state index contributed by atoms with van der Waals surface area (Å²) < 4.78 is 2.17. The van der Waals surface area contributed by atoms with Gasteiger partial charge in [-0.15, -0.1) is 0 Å². The first-order chi connectivity index (χ1) is 8.65. The Balaban J connectivity index is 2.10. The minimum Gasteiger partial charge on any atom is -0.353 e. The lowest BCUT2D eigenvalue weighted by Crippen LogP contribution is -2.27. The van der Waals surface area contributed by atoms with Gasteiger partial charge in [-0.3, -0.25) is 0 Å². The lowest BCUT2D eigenvalue weighted by atomic mass is 10.1. The van der Waals surface area contributed by atoms with Crippen molar-refractivity contribution >= 4 is 11.3 Å². The van der Waals surface area contributed by atoms with Crippen LogP contribution in [0.1, 0.15) is 31.9 Å². The Morgan fingerprint density at radius 1 is 1.44 bits per heavy atom. The number of hydrogen-bond donors (Lipinski definition) is 1. The molecule has 1 aliphatic rings. The van der Waals surface area contributed by atoms with E-state index >= 15 is 0 Å². The second-order valence-electron chi connectivity index (χ2n) is 5.44. The lowest BCUT2D eigenvalue weighted by Gasteiger charge is -2.20. The highest BCUT2D eigenvalue weighted by Gasteiger charge is 2.23. The van der Waals surface area contributed by atoms with E-state index < -0.39 is 0 Å². The Bertz CT molecular complexity index is 558. The van der Waals surface area contributed by atoms with Gasteiger partial charge in [0.25, 0.3) is 0 Å². The smallest absolute Gasteiger partial charge is 0.153 e. The molecule has 0 aliphatic carbocycles. The van der Waals surface area contributed by atoms with Gasteiger partial charge in [0, 0.05) is 31.5 Å². The summed E-state index contributed by atoms with van der Waals surface area (Å²) in [6.07, 6.45) is 5.27. The molecule has 0 saturated carbocycles. The van der Waals surface area contributed by atoms with Crippen molar-refractivity contribution in [3.05, 3.63) is 30.2 Å². The van der Waals surface area contributed by atoms with Gasteiger partial charge in [-0.2, -0.15) is 0 Å². The predicted molar refractivity (Wildman–Crippen MR) is 74.1 cm³/mol. The Labute approximate surface area is 107 Å². The molecule has 1 unspecified atom stereocenters. The maximum atomic E-state index is 6.00. The van der Waals surface area contributed by atoms with Crippen LogP contribution in [-0.2, 0) is 0 Å². The molecule has 0 bridgehead atoms. The van der Waals surface area contributed by atoms with E-state index in [1.54, 1.807) is 0 Å². The van der Waals surface area contributed by atoms with E-state index in [1.807, 2.05) is 0 Å². The van der Waals surface area contributed by atoms with E-state index in [9.17, 15) is 0 Å². The van der Waals surface area contributed by atoms with E-state index in [-0.39, 0.29) is 6.04 Å². The molecule has 2 aromatic rings. The highest BCUT2D eigenvalue weighted by Crippen LogP contribution is 2.26. The lowest BCUT2D eigenvalue weighted by molar-refractivity contribution is 0.750. The second kappa shape index (κ2) is 4.28. The van der Waals surface area contributed by atoms with Crippen LogP contribution in [0.2, 0.25) is 0 Å². The molecule has 18 heavy (non-hydrogen) atoms. The van der Waals surface area contributed by atoms with Crippen LogP contribution < -0.4 is 10.6 Å². The van der Waals surface area contributed by atoms with Crippen LogP contribution in [0.4, 0.5) is 5.82 Å². The number of rotatable bonds is 2. The van der Waals surface area contributed by atoms with Gasteiger partial charge >= 0.3 is 0 Å². The zero-order chi connectivity index (χ0) is 12.7. The first-order valence-electron chi connectivity index (χ1n) is 6.63. The number of aromatic nitrogens is 2. The summed E-state index contributed by atoms with van der Waals surface area (Å²) >= 11 is 0. The summed E-state index contributed by atoms with van der Waals surface area (Å²) in [4.78, 5) is 7.15. The summed E-state index contributed by atoms with van der Waals surface area (Å²) in [5.74, 6) is 1.52. The van der Waals surface area contributed by atoms with Crippen LogP contribution in [0.25, 0.3) is 5.52 Å². The second-order valence-corrected chi connectivity index (χ2v) is 5.44. The molecular formula is C14H20N4. The maximum Gasteiger partial charge on any atom is 0.153 e. The van der Waals surface area contributed by atoms with Gasteiger partial charge in [0.2, 0.25) is 0 Å². The molecule has 0 spiro atoms. The predicted octanol–water partition coefficient (Wildman–Crippen LogP) is 2.00. The van der Waals surface area contributed by atoms with Crippen molar-refractivity contribution in [1.29, 1.82) is 0 Å². The first kappa shape index (κ1) is 11.5. The summed E-state index contributed by atoms with van der Waals surface area (Å²) in [5.41, 5.74) is 8.31. The minimum absolute atomic E-state index is 0.282. The summed E-state index contributed by atoms with van der Waals surface area (Å²) in [6.45, 7) is 6.28. The molecule has 0 radical (unpaired) electrons. The van der Waals surface area contributed by atoms with E-state index in [4.69, 9.17) is 10.7 Å². The molecule has 0 amide bonds. The van der Waals surface area contributed by atoms with Crippen molar-refractivity contribution in [1.82, 2.24) is 9.38 Å². The first-order valence-corrected chi connectivity index (χ1v) is 6.63. The van der Waals surface area contributed by atoms with Crippen molar-refractivity contribution in [3.63, 3.8) is 0 Å². The third-order valence-electron chi connectivity index (χ3n) is 3.63. The van der Waals surface area contributed by atoms with Crippen LogP contribution in [0.5, 0.6) is 0 Å². The fourth-order valence-corrected chi connectivity index (χ4v) is 2.54. The molecule has 2 N–H and O–H groups in total. The van der Waals surface area contributed by atoms with Gasteiger partial charge in [-0.1, -0.05) is 13.8 Å². The molecule has 1 fully saturated rings. The van der Waals surface area contributed by atoms with E-state index in [1.165, 1.54) is 5.52 Å². The third-order valence-corrected chi connectivity index (χ3v) is 3.63. The average Bonchev–Trinajstić information content (AvgIpc) is 2.95. The topological polar surface area (TPSA) is 46.6 Å². The molecule has 96 valence electrons. The Hall–Kier alpha value is -1.55. The minimum atomic E-state index is 0.282. The number of fused-ring (bicyclic) bond motifs is 1. The molecule has 3 heterocycles. The maximum absolute atomic E-state index is 6.00. The van der Waals surface area contributed by atoms with Crippen LogP contribution in [0.3, 0.4) is 0 Å². The Morgan fingerprint density at radius 3 is 2.94 bits per heavy atom. The fraction of sp³-hybridized carbons (Fsp3) is 0.500. The highest BCUT2D eigenvalue weighted by molar-refractivity contribution is 5.70. The third kappa shape index (κ3) is 1.86. The fourth-order valence-electron chi connectivity index (χ4n) is 2.54. The normalized spacial score (nSPS) is 20.2. The van der Waals surface area contributed by atoms with Crippen LogP contribution in [0.15, 0.2) is 24.5 Å². The molecule has 1 saturated heterocycles.